The van der Waals surface area contributed by atoms with Gasteiger partial charge in [0, 0.05) is 43.2 Å². The zero-order valence-electron chi connectivity index (χ0n) is 13.6. The van der Waals surface area contributed by atoms with E-state index in [2.05, 4.69) is 35.3 Å². The highest BCUT2D eigenvalue weighted by molar-refractivity contribution is 5.76. The molecule has 1 aromatic rings. The summed E-state index contributed by atoms with van der Waals surface area (Å²) in [5, 5.41) is 3.11. The number of hydrogen-bond donors (Lipinski definition) is 1. The molecule has 2 aliphatic heterocycles. The van der Waals surface area contributed by atoms with Crippen LogP contribution in [-0.2, 0) is 11.2 Å². The molecule has 2 atom stereocenters. The summed E-state index contributed by atoms with van der Waals surface area (Å²) in [7, 11) is 0. The molecule has 0 saturated carbocycles. The number of hydrogen-bond acceptors (Lipinski definition) is 3. The largest absolute Gasteiger partial charge is 0.490 e. The third-order valence-corrected chi connectivity index (χ3v) is 4.66. The summed E-state index contributed by atoms with van der Waals surface area (Å²) in [5.74, 6) is 1.20. The van der Waals surface area contributed by atoms with Crippen LogP contribution in [0.15, 0.2) is 18.2 Å². The number of amides is 1. The van der Waals surface area contributed by atoms with Gasteiger partial charge in [-0.15, -0.1) is 0 Å². The zero-order valence-corrected chi connectivity index (χ0v) is 13.6. The quantitative estimate of drug-likeness (QED) is 0.909. The molecule has 1 fully saturated rings. The molecular weight excluding hydrogens is 276 g/mol. The van der Waals surface area contributed by atoms with Crippen molar-refractivity contribution in [1.29, 1.82) is 0 Å². The number of carbonyl (C=O) groups excluding carboxylic acids is 1. The Morgan fingerprint density at radius 2 is 2.27 bits per heavy atom. The van der Waals surface area contributed by atoms with Crippen molar-refractivity contribution in [3.05, 3.63) is 23.8 Å². The van der Waals surface area contributed by atoms with Gasteiger partial charge in [0.15, 0.2) is 0 Å². The van der Waals surface area contributed by atoms with Crippen molar-refractivity contribution in [2.24, 2.45) is 0 Å². The molecule has 1 amide bonds. The summed E-state index contributed by atoms with van der Waals surface area (Å²) in [6.45, 7) is 6.01. The molecule has 1 unspecified atom stereocenters. The summed E-state index contributed by atoms with van der Waals surface area (Å²) in [6, 6.07) is 6.64. The second kappa shape index (κ2) is 6.59. The zero-order chi connectivity index (χ0) is 15.5. The molecule has 1 N–H and O–H groups in total. The number of carbonyl (C=O) groups is 1. The number of nitrogens with one attached hydrogen (secondary N) is 1. The second-order valence-electron chi connectivity index (χ2n) is 6.34. The fourth-order valence-electron chi connectivity index (χ4n) is 3.52. The van der Waals surface area contributed by atoms with E-state index >= 15 is 0 Å². The highest BCUT2D eigenvalue weighted by Gasteiger charge is 2.30. The molecule has 0 aliphatic carbocycles. The fourth-order valence-corrected chi connectivity index (χ4v) is 3.52. The van der Waals surface area contributed by atoms with Crippen LogP contribution in [0.5, 0.6) is 5.75 Å². The van der Waals surface area contributed by atoms with Gasteiger partial charge in [-0.05, 0) is 25.0 Å². The molecule has 4 heteroatoms. The monoisotopic (exact) mass is 302 g/mol. The molecule has 120 valence electrons. The Balaban J connectivity index is 1.70. The lowest BCUT2D eigenvalue weighted by Gasteiger charge is -2.21. The summed E-state index contributed by atoms with van der Waals surface area (Å²) < 4.78 is 6.06. The van der Waals surface area contributed by atoms with Gasteiger partial charge in [-0.2, -0.15) is 0 Å². The van der Waals surface area contributed by atoms with Crippen molar-refractivity contribution >= 4 is 11.6 Å². The summed E-state index contributed by atoms with van der Waals surface area (Å²) in [4.78, 5) is 14.0. The van der Waals surface area contributed by atoms with Gasteiger partial charge in [-0.25, -0.2) is 0 Å². The maximum Gasteiger partial charge on any atom is 0.219 e. The van der Waals surface area contributed by atoms with Crippen LogP contribution in [0, 0.1) is 0 Å². The average Bonchev–Trinajstić information content (AvgIpc) is 3.13. The highest BCUT2D eigenvalue weighted by Crippen LogP contribution is 2.38. The minimum absolute atomic E-state index is 0.150. The maximum atomic E-state index is 11.6. The number of nitrogens with zero attached hydrogens (tertiary/aromatic N) is 1. The fraction of sp³-hybridized carbons (Fsp3) is 0.611. The van der Waals surface area contributed by atoms with Crippen LogP contribution in [-0.4, -0.2) is 31.1 Å². The van der Waals surface area contributed by atoms with Crippen LogP contribution >= 0.6 is 0 Å². The van der Waals surface area contributed by atoms with E-state index in [1.807, 2.05) is 6.92 Å². The van der Waals surface area contributed by atoms with E-state index in [1.54, 1.807) is 0 Å². The molecule has 22 heavy (non-hydrogen) atoms. The third kappa shape index (κ3) is 3.06. The topological polar surface area (TPSA) is 41.6 Å². The van der Waals surface area contributed by atoms with Crippen LogP contribution < -0.4 is 15.0 Å². The van der Waals surface area contributed by atoms with Crippen LogP contribution in [0.25, 0.3) is 0 Å². The van der Waals surface area contributed by atoms with Crippen LogP contribution in [0.4, 0.5) is 5.69 Å². The molecule has 2 heterocycles. The van der Waals surface area contributed by atoms with E-state index in [0.717, 1.165) is 44.5 Å². The Morgan fingerprint density at radius 1 is 1.41 bits per heavy atom. The summed E-state index contributed by atoms with van der Waals surface area (Å²) in [5.41, 5.74) is 2.65. The van der Waals surface area contributed by atoms with Crippen LogP contribution in [0.3, 0.4) is 0 Å². The van der Waals surface area contributed by atoms with Crippen molar-refractivity contribution in [1.82, 2.24) is 5.32 Å². The van der Waals surface area contributed by atoms with E-state index in [0.29, 0.717) is 12.5 Å². The number of ether oxygens (including phenoxy) is 1. The molecule has 1 aromatic carbocycles. The Morgan fingerprint density at radius 3 is 3.05 bits per heavy atom. The van der Waals surface area contributed by atoms with Crippen molar-refractivity contribution in [2.45, 2.75) is 58.1 Å². The molecule has 0 bridgehead atoms. The van der Waals surface area contributed by atoms with Crippen molar-refractivity contribution in [3.8, 4) is 5.75 Å². The molecule has 0 spiro atoms. The van der Waals surface area contributed by atoms with E-state index in [9.17, 15) is 4.79 Å². The van der Waals surface area contributed by atoms with Gasteiger partial charge < -0.3 is 15.0 Å². The second-order valence-corrected chi connectivity index (χ2v) is 6.34. The van der Waals surface area contributed by atoms with Gasteiger partial charge >= 0.3 is 0 Å². The SMILES string of the molecule is CCCC1Cc2c(cccc2N2CC[C@H](NC(=O)CC)C2)O1. The van der Waals surface area contributed by atoms with Crippen molar-refractivity contribution < 1.29 is 9.53 Å². The number of rotatable bonds is 5. The average molecular weight is 302 g/mol. The summed E-state index contributed by atoms with van der Waals surface area (Å²) >= 11 is 0. The predicted molar refractivity (Wildman–Crippen MR) is 88.5 cm³/mol. The van der Waals surface area contributed by atoms with Gasteiger partial charge in [-0.3, -0.25) is 4.79 Å². The number of anilines is 1. The first-order chi connectivity index (χ1) is 10.7. The van der Waals surface area contributed by atoms with Crippen LogP contribution in [0.1, 0.15) is 45.1 Å². The van der Waals surface area contributed by atoms with E-state index in [4.69, 9.17) is 4.74 Å². The first-order valence-electron chi connectivity index (χ1n) is 8.54. The van der Waals surface area contributed by atoms with E-state index in [-0.39, 0.29) is 11.9 Å². The summed E-state index contributed by atoms with van der Waals surface area (Å²) in [6.07, 6.45) is 5.20. The predicted octanol–water partition coefficient (Wildman–Crippen LogP) is 2.90. The normalized spacial score (nSPS) is 23.3. The molecule has 3 rings (SSSR count). The van der Waals surface area contributed by atoms with Crippen molar-refractivity contribution in [2.75, 3.05) is 18.0 Å². The van der Waals surface area contributed by atoms with E-state index < -0.39 is 0 Å². The van der Waals surface area contributed by atoms with Crippen molar-refractivity contribution in [3.63, 3.8) is 0 Å². The van der Waals surface area contributed by atoms with Gasteiger partial charge in [0.05, 0.1) is 0 Å². The van der Waals surface area contributed by atoms with Gasteiger partial charge in [0.2, 0.25) is 5.91 Å². The van der Waals surface area contributed by atoms with Crippen LogP contribution in [0.2, 0.25) is 0 Å². The highest BCUT2D eigenvalue weighted by atomic mass is 16.5. The van der Waals surface area contributed by atoms with E-state index in [1.165, 1.54) is 11.3 Å². The number of fused-ring (bicyclic) bond motifs is 1. The first kappa shape index (κ1) is 15.2. The van der Waals surface area contributed by atoms with Gasteiger partial charge in [0.25, 0.3) is 0 Å². The smallest absolute Gasteiger partial charge is 0.219 e. The number of benzene rings is 1. The molecule has 0 radical (unpaired) electrons. The standard InChI is InChI=1S/C18H26N2O2/c1-3-6-14-11-15-16(7-5-8-17(15)22-14)20-10-9-13(12-20)19-18(21)4-2/h5,7-8,13-14H,3-4,6,9-12H2,1-2H3,(H,19,21)/t13-,14?/m0/s1. The minimum Gasteiger partial charge on any atom is -0.490 e. The Labute approximate surface area is 132 Å². The lowest BCUT2D eigenvalue weighted by atomic mass is 10.0. The Kier molecular flexibility index (Phi) is 4.55. The Hall–Kier alpha value is -1.71. The molecule has 4 nitrogen and oxygen atoms in total. The first-order valence-corrected chi connectivity index (χ1v) is 8.54. The lowest BCUT2D eigenvalue weighted by molar-refractivity contribution is -0.121. The molecular formula is C18H26N2O2. The molecule has 1 saturated heterocycles. The van der Waals surface area contributed by atoms with Gasteiger partial charge in [-0.1, -0.05) is 26.3 Å². The third-order valence-electron chi connectivity index (χ3n) is 4.66. The van der Waals surface area contributed by atoms with Gasteiger partial charge in [0.1, 0.15) is 11.9 Å². The maximum absolute atomic E-state index is 11.6. The molecule has 0 aromatic heterocycles. The Bertz CT molecular complexity index is 544. The molecule has 2 aliphatic rings. The lowest BCUT2D eigenvalue weighted by Crippen LogP contribution is -2.36. The minimum atomic E-state index is 0.150.